The molecule has 3 aromatic rings. The summed E-state index contributed by atoms with van der Waals surface area (Å²) in [6.45, 7) is 2.00. The number of aryl methyl sites for hydroxylation is 1. The number of carbonyl (C=O) groups is 1. The van der Waals surface area contributed by atoms with Crippen molar-refractivity contribution < 1.29 is 4.79 Å². The van der Waals surface area contributed by atoms with E-state index in [0.717, 1.165) is 22.2 Å². The van der Waals surface area contributed by atoms with E-state index in [4.69, 9.17) is 0 Å². The Morgan fingerprint density at radius 2 is 1.71 bits per heavy atom. The van der Waals surface area contributed by atoms with Crippen LogP contribution in [-0.4, -0.2) is 10.8 Å². The number of fused-ring (bicyclic) bond motifs is 1. The molecule has 0 bridgehead atoms. The molecular formula is C19H15NO. The van der Waals surface area contributed by atoms with Gasteiger partial charge in [-0.25, -0.2) is 4.98 Å². The van der Waals surface area contributed by atoms with E-state index in [9.17, 15) is 4.79 Å². The maximum atomic E-state index is 12.1. The van der Waals surface area contributed by atoms with Crippen molar-refractivity contribution in [2.75, 3.05) is 0 Å². The van der Waals surface area contributed by atoms with Crippen LogP contribution in [0.2, 0.25) is 0 Å². The summed E-state index contributed by atoms with van der Waals surface area (Å²) < 4.78 is 0. The van der Waals surface area contributed by atoms with Gasteiger partial charge in [-0.05, 0) is 31.2 Å². The molecule has 2 nitrogen and oxygen atoms in total. The molecule has 0 amide bonds. The Balaban J connectivity index is 1.83. The molecule has 0 atom stereocenters. The smallest absolute Gasteiger partial charge is 0.185 e. The quantitative estimate of drug-likeness (QED) is 0.521. The summed E-state index contributed by atoms with van der Waals surface area (Å²) in [6.07, 6.45) is 3.33. The number of para-hydroxylation sites is 1. The summed E-state index contributed by atoms with van der Waals surface area (Å²) in [5, 5.41) is 1.10. The number of aromatic nitrogens is 1. The molecular weight excluding hydrogens is 258 g/mol. The molecule has 0 aliphatic rings. The van der Waals surface area contributed by atoms with Crippen molar-refractivity contribution in [3.05, 3.63) is 83.6 Å². The van der Waals surface area contributed by atoms with E-state index in [1.165, 1.54) is 0 Å². The highest BCUT2D eigenvalue weighted by Gasteiger charge is 2.01. The molecule has 0 spiro atoms. The first-order valence-electron chi connectivity index (χ1n) is 6.87. The zero-order chi connectivity index (χ0) is 14.7. The first-order chi connectivity index (χ1) is 10.2. The van der Waals surface area contributed by atoms with Crippen LogP contribution in [0.25, 0.3) is 17.0 Å². The van der Waals surface area contributed by atoms with Crippen LogP contribution in [0.1, 0.15) is 21.6 Å². The summed E-state index contributed by atoms with van der Waals surface area (Å²) in [6, 6.07) is 19.4. The Kier molecular flexibility index (Phi) is 3.61. The minimum Gasteiger partial charge on any atom is -0.289 e. The first-order valence-corrected chi connectivity index (χ1v) is 6.87. The molecule has 0 unspecified atom stereocenters. The molecule has 2 heteroatoms. The van der Waals surface area contributed by atoms with Crippen molar-refractivity contribution in [3.63, 3.8) is 0 Å². The second-order valence-corrected chi connectivity index (χ2v) is 4.99. The molecule has 0 aliphatic heterocycles. The average Bonchev–Trinajstić information content (AvgIpc) is 2.53. The molecule has 102 valence electrons. The highest BCUT2D eigenvalue weighted by molar-refractivity contribution is 6.06. The van der Waals surface area contributed by atoms with Crippen LogP contribution in [0.4, 0.5) is 0 Å². The number of hydrogen-bond acceptors (Lipinski definition) is 2. The van der Waals surface area contributed by atoms with Gasteiger partial charge in [-0.1, -0.05) is 54.1 Å². The second kappa shape index (κ2) is 5.71. The van der Waals surface area contributed by atoms with E-state index in [1.807, 2.05) is 67.6 Å². The number of rotatable bonds is 3. The van der Waals surface area contributed by atoms with E-state index < -0.39 is 0 Å². The lowest BCUT2D eigenvalue weighted by Gasteiger charge is -1.99. The third-order valence-electron chi connectivity index (χ3n) is 3.36. The van der Waals surface area contributed by atoms with Gasteiger partial charge in [0, 0.05) is 10.9 Å². The van der Waals surface area contributed by atoms with Crippen LogP contribution < -0.4 is 0 Å². The number of allylic oxidation sites excluding steroid dienone is 1. The highest BCUT2D eigenvalue weighted by Crippen LogP contribution is 2.13. The SMILES string of the molecule is Cc1ccc(C(=O)C=Cc2ccc3ccccc3n2)cc1. The normalized spacial score (nSPS) is 11.1. The van der Waals surface area contributed by atoms with Gasteiger partial charge in [0.05, 0.1) is 11.2 Å². The predicted molar refractivity (Wildman–Crippen MR) is 86.3 cm³/mol. The van der Waals surface area contributed by atoms with E-state index in [1.54, 1.807) is 12.2 Å². The van der Waals surface area contributed by atoms with E-state index in [-0.39, 0.29) is 5.78 Å². The zero-order valence-corrected chi connectivity index (χ0v) is 11.8. The largest absolute Gasteiger partial charge is 0.289 e. The van der Waals surface area contributed by atoms with Gasteiger partial charge in [0.25, 0.3) is 0 Å². The van der Waals surface area contributed by atoms with Crippen LogP contribution in [0, 0.1) is 6.92 Å². The van der Waals surface area contributed by atoms with E-state index >= 15 is 0 Å². The molecule has 0 radical (unpaired) electrons. The average molecular weight is 273 g/mol. The Bertz CT molecular complexity index is 816. The topological polar surface area (TPSA) is 30.0 Å². The van der Waals surface area contributed by atoms with E-state index in [2.05, 4.69) is 4.98 Å². The molecule has 0 N–H and O–H groups in total. The number of hydrogen-bond donors (Lipinski definition) is 0. The van der Waals surface area contributed by atoms with Crippen molar-refractivity contribution in [1.29, 1.82) is 0 Å². The summed E-state index contributed by atoms with van der Waals surface area (Å²) in [5.74, 6) is -0.00930. The predicted octanol–water partition coefficient (Wildman–Crippen LogP) is 4.44. The van der Waals surface area contributed by atoms with Crippen LogP contribution in [0.5, 0.6) is 0 Å². The Morgan fingerprint density at radius 1 is 0.952 bits per heavy atom. The molecule has 0 aliphatic carbocycles. The summed E-state index contributed by atoms with van der Waals surface area (Å²) in [4.78, 5) is 16.6. The van der Waals surface area contributed by atoms with Gasteiger partial charge in [-0.2, -0.15) is 0 Å². The summed E-state index contributed by atoms with van der Waals surface area (Å²) in [5.41, 5.74) is 3.56. The first kappa shape index (κ1) is 13.3. The third-order valence-corrected chi connectivity index (χ3v) is 3.36. The number of carbonyl (C=O) groups excluding carboxylic acids is 1. The number of ketones is 1. The Hall–Kier alpha value is -2.74. The summed E-state index contributed by atoms with van der Waals surface area (Å²) >= 11 is 0. The molecule has 3 rings (SSSR count). The highest BCUT2D eigenvalue weighted by atomic mass is 16.1. The monoisotopic (exact) mass is 273 g/mol. The van der Waals surface area contributed by atoms with Gasteiger partial charge in [0.15, 0.2) is 5.78 Å². The molecule has 2 aromatic carbocycles. The van der Waals surface area contributed by atoms with Crippen molar-refractivity contribution in [3.8, 4) is 0 Å². The van der Waals surface area contributed by atoms with Gasteiger partial charge in [-0.15, -0.1) is 0 Å². The van der Waals surface area contributed by atoms with Gasteiger partial charge in [-0.3, -0.25) is 4.79 Å². The molecule has 1 aromatic heterocycles. The summed E-state index contributed by atoms with van der Waals surface area (Å²) in [7, 11) is 0. The zero-order valence-electron chi connectivity index (χ0n) is 11.8. The van der Waals surface area contributed by atoms with Gasteiger partial charge in [0.1, 0.15) is 0 Å². The lowest BCUT2D eigenvalue weighted by molar-refractivity contribution is 0.104. The minimum atomic E-state index is -0.00930. The molecule has 21 heavy (non-hydrogen) atoms. The van der Waals surface area contributed by atoms with Crippen molar-refractivity contribution in [2.45, 2.75) is 6.92 Å². The fourth-order valence-electron chi connectivity index (χ4n) is 2.15. The van der Waals surface area contributed by atoms with Crippen molar-refractivity contribution in [2.24, 2.45) is 0 Å². The lowest BCUT2D eigenvalue weighted by atomic mass is 10.1. The molecule has 1 heterocycles. The Morgan fingerprint density at radius 3 is 2.52 bits per heavy atom. The van der Waals surface area contributed by atoms with Crippen LogP contribution in [0.3, 0.4) is 0 Å². The van der Waals surface area contributed by atoms with Gasteiger partial charge >= 0.3 is 0 Å². The standard InChI is InChI=1S/C19H15NO/c1-14-6-8-16(9-7-14)19(21)13-12-17-11-10-15-4-2-3-5-18(15)20-17/h2-13H,1H3. The molecule has 0 saturated carbocycles. The van der Waals surface area contributed by atoms with Crippen molar-refractivity contribution >= 4 is 22.8 Å². The van der Waals surface area contributed by atoms with Crippen LogP contribution in [0.15, 0.2) is 66.7 Å². The van der Waals surface area contributed by atoms with Gasteiger partial charge in [0.2, 0.25) is 0 Å². The van der Waals surface area contributed by atoms with E-state index in [0.29, 0.717) is 5.56 Å². The third kappa shape index (κ3) is 3.06. The maximum Gasteiger partial charge on any atom is 0.185 e. The fourth-order valence-corrected chi connectivity index (χ4v) is 2.15. The maximum absolute atomic E-state index is 12.1. The Labute approximate surface area is 123 Å². The number of nitrogens with zero attached hydrogens (tertiary/aromatic N) is 1. The second-order valence-electron chi connectivity index (χ2n) is 4.99. The number of pyridine rings is 1. The molecule has 0 fully saturated rings. The van der Waals surface area contributed by atoms with Crippen LogP contribution in [-0.2, 0) is 0 Å². The fraction of sp³-hybridized carbons (Fsp3) is 0.0526. The lowest BCUT2D eigenvalue weighted by Crippen LogP contribution is -1.94. The molecule has 0 saturated heterocycles. The van der Waals surface area contributed by atoms with Crippen LogP contribution >= 0.6 is 0 Å². The van der Waals surface area contributed by atoms with Gasteiger partial charge < -0.3 is 0 Å². The van der Waals surface area contributed by atoms with Crippen molar-refractivity contribution in [1.82, 2.24) is 4.98 Å². The number of benzene rings is 2. The minimum absolute atomic E-state index is 0.00930.